The van der Waals surface area contributed by atoms with Crippen LogP contribution in [-0.4, -0.2) is 21.1 Å². The molecule has 8 heteroatoms. The Hall–Kier alpha value is -8.25. The number of imidazole rings is 1. The van der Waals surface area contributed by atoms with Crippen LogP contribution in [0, 0.1) is 29.6 Å². The Bertz CT molecular complexity index is 4840. The fraction of sp³-hybridized carbons (Fsp3) is 0.143. The van der Waals surface area contributed by atoms with E-state index in [9.17, 15) is 6.85 Å². The third-order valence-electron chi connectivity index (χ3n) is 15.3. The van der Waals surface area contributed by atoms with Crippen molar-refractivity contribution in [3.8, 4) is 78.6 Å². The zero-order chi connectivity index (χ0) is 62.7. The van der Waals surface area contributed by atoms with Gasteiger partial charge >= 0.3 is 415 Å². The van der Waals surface area contributed by atoms with Gasteiger partial charge < -0.3 is 0 Å². The molecule has 3 aliphatic heterocycles. The molecule has 0 unspecified atom stereocenters. The predicted octanol–water partition coefficient (Wildman–Crippen LogP) is 17.1. The Morgan fingerprint density at radius 3 is 1.95 bits per heavy atom. The van der Waals surface area contributed by atoms with Crippen molar-refractivity contribution in [3.63, 3.8) is 0 Å². The second-order valence-electron chi connectivity index (χ2n) is 22.2. The van der Waals surface area contributed by atoms with E-state index in [0.29, 0.717) is 60.0 Å². The van der Waals surface area contributed by atoms with Crippen molar-refractivity contribution in [3.05, 3.63) is 232 Å². The van der Waals surface area contributed by atoms with Gasteiger partial charge in [-0.15, -0.1) is 6.07 Å². The standard InChI is InChI=1S/C70H56BN5O.Pt/c1-44-22-12-13-25-53(44)48-39-51(42-52(40-48)77-64-36-45(2)65-58-30-21-29-57-56-26-14-15-31-59(56)75-62-34-18-19-35-63(62)76(68(65)72-64)71(75)66(57)58)73-43-74(61-33-17-16-32-60(61)73)67-54(46-23-10-9-11-24-46)27-20-28-55(67)47-37-49(69(3,4)5)41-50(38-47)70(6,7)8;/h9-34,36-41H,1-8H3;/q-2;/i1D3,2D3,9D,10D,11D,23D,24D;. The van der Waals surface area contributed by atoms with E-state index < -0.39 is 38.8 Å². The van der Waals surface area contributed by atoms with Crippen LogP contribution < -0.4 is 19.8 Å². The Morgan fingerprint density at radius 1 is 0.577 bits per heavy atom. The molecule has 382 valence electrons. The summed E-state index contributed by atoms with van der Waals surface area (Å²) in [6.45, 7) is 7.34. The van der Waals surface area contributed by atoms with E-state index in [0.717, 1.165) is 55.8 Å². The van der Waals surface area contributed by atoms with Gasteiger partial charge in [-0.1, -0.05) is 30.3 Å². The number of nitrogens with zero attached hydrogens (tertiary/aromatic N) is 5. The fourth-order valence-corrected chi connectivity index (χ4v) is 12.7. The normalized spacial score (nSPS) is 15.5. The summed E-state index contributed by atoms with van der Waals surface area (Å²) in [5.74, 6) is 0.411. The Morgan fingerprint density at radius 2 is 1.21 bits per heavy atom. The molecule has 3 aliphatic rings. The number of hydrogen-bond donors (Lipinski definition) is 0. The van der Waals surface area contributed by atoms with Gasteiger partial charge in [-0.05, 0) is 11.6 Å². The van der Waals surface area contributed by atoms with Crippen molar-refractivity contribution in [1.29, 1.82) is 0 Å². The summed E-state index contributed by atoms with van der Waals surface area (Å²) in [6, 6.07) is 56.7. The number of rotatable bonds is 7. The molecule has 6 nitrogen and oxygen atoms in total. The number of fused-ring (bicyclic) bond motifs is 10. The molecule has 0 spiro atoms. The summed E-state index contributed by atoms with van der Waals surface area (Å²) in [6.07, 6.45) is 0. The summed E-state index contributed by atoms with van der Waals surface area (Å²) < 4.78 is 111. The minimum atomic E-state index is -2.67. The summed E-state index contributed by atoms with van der Waals surface area (Å²) in [4.78, 5) is 9.63. The van der Waals surface area contributed by atoms with Crippen molar-refractivity contribution < 1.29 is 39.2 Å². The number of benzene rings is 9. The monoisotopic (exact) mass is 1200 g/mol. The van der Waals surface area contributed by atoms with E-state index >= 15 is 0 Å². The van der Waals surface area contributed by atoms with Crippen LogP contribution in [0.1, 0.15) is 78.9 Å². The van der Waals surface area contributed by atoms with Gasteiger partial charge in [-0.25, -0.2) is 0 Å². The zero-order valence-electron chi connectivity index (χ0n) is 54.6. The number of ether oxygens (including phenoxy) is 1. The number of aryl methyl sites for hydroxylation is 2. The summed E-state index contributed by atoms with van der Waals surface area (Å²) >= 11 is 2.25. The van der Waals surface area contributed by atoms with Gasteiger partial charge in [0.25, 0.3) is 0 Å². The molecule has 0 radical (unpaired) electrons. The maximum absolute atomic E-state index is 9.43. The average Bonchev–Trinajstić information content (AvgIpc) is 1.60. The van der Waals surface area contributed by atoms with E-state index in [2.05, 4.69) is 119 Å². The van der Waals surface area contributed by atoms with Crippen molar-refractivity contribution in [1.82, 2.24) is 14.1 Å². The summed E-state index contributed by atoms with van der Waals surface area (Å²) in [5, 5.41) is 0. The van der Waals surface area contributed by atoms with Crippen molar-refractivity contribution >= 4 is 46.4 Å². The first-order valence-corrected chi connectivity index (χ1v) is 27.1. The first-order valence-electron chi connectivity index (χ1n) is 31.5. The molecule has 0 atom stereocenters. The molecular weight excluding hydrogens is 1130 g/mol. The Balaban J connectivity index is 1.03. The molecule has 2 aromatic heterocycles. The van der Waals surface area contributed by atoms with E-state index in [1.165, 1.54) is 6.07 Å². The van der Waals surface area contributed by atoms with Gasteiger partial charge in [0.2, 0.25) is 0 Å². The van der Waals surface area contributed by atoms with Crippen LogP contribution in [0.5, 0.6) is 11.6 Å². The topological polar surface area (TPSA) is 38.5 Å². The molecule has 14 rings (SSSR count). The molecular formula is C70H56BN5OPt-2. The van der Waals surface area contributed by atoms with Crippen LogP contribution in [0.25, 0.3) is 78.0 Å². The maximum atomic E-state index is 9.43. The third kappa shape index (κ3) is 7.57. The van der Waals surface area contributed by atoms with Gasteiger partial charge in [0.15, 0.2) is 0 Å². The number of para-hydroxylation sites is 5. The van der Waals surface area contributed by atoms with Gasteiger partial charge in [-0.3, -0.25) is 0 Å². The molecule has 78 heavy (non-hydrogen) atoms. The Kier molecular flexibility index (Phi) is 8.61. The van der Waals surface area contributed by atoms with Crippen molar-refractivity contribution in [2.45, 2.75) is 66.1 Å². The Labute approximate surface area is 483 Å². The number of aromatic nitrogens is 3. The van der Waals surface area contributed by atoms with Gasteiger partial charge in [0.1, 0.15) is 0 Å². The van der Waals surface area contributed by atoms with E-state index in [4.69, 9.17) is 17.9 Å². The molecule has 0 saturated carbocycles. The van der Waals surface area contributed by atoms with Crippen LogP contribution in [0.4, 0.5) is 22.9 Å². The number of hydrogen-bond acceptors (Lipinski definition) is 4. The summed E-state index contributed by atoms with van der Waals surface area (Å²) in [7, 11) is 0. The second-order valence-corrected chi connectivity index (χ2v) is 23.2. The SMILES string of the molecule is [2H]c1c([2H])c([2H])c(-c2cccc(-c3cc(C(C)(C)C)cc(C(C)(C)C)c3)c2-n2[c](=[Pt])n(-c3[c-]c(Oc4cc(C([2H])([2H])[2H])c5c(n4)N4B6c7c(cccc7-5)-c5ccccc5N6c5ccc[c-]c54)cc(-c4ccccc4C([2H])([2H])[2H])c3)c3ccccc32)c([2H])c1[2H]. The third-order valence-corrected chi connectivity index (χ3v) is 16.3. The molecule has 11 aromatic rings. The van der Waals surface area contributed by atoms with Gasteiger partial charge in [0, 0.05) is 11.3 Å². The zero-order valence-corrected chi connectivity index (χ0v) is 45.9. The number of anilines is 4. The molecule has 5 heterocycles. The summed E-state index contributed by atoms with van der Waals surface area (Å²) in [5.41, 5.74) is 13.6. The number of pyridine rings is 1. The second kappa shape index (κ2) is 17.9. The van der Waals surface area contributed by atoms with E-state index in [-0.39, 0.29) is 51.2 Å². The minimum absolute atomic E-state index is 0.0200. The molecule has 0 aliphatic carbocycles. The fourth-order valence-electron chi connectivity index (χ4n) is 11.6. The molecule has 0 amide bonds. The van der Waals surface area contributed by atoms with Crippen molar-refractivity contribution in [2.75, 3.05) is 9.62 Å². The van der Waals surface area contributed by atoms with Gasteiger partial charge in [-0.2, -0.15) is 12.1 Å². The predicted molar refractivity (Wildman–Crippen MR) is 318 cm³/mol. The molecule has 0 fully saturated rings. The van der Waals surface area contributed by atoms with Crippen LogP contribution in [-0.2, 0) is 30.2 Å². The molecule has 0 N–H and O–H groups in total. The van der Waals surface area contributed by atoms with Crippen LogP contribution in [0.2, 0.25) is 0 Å². The van der Waals surface area contributed by atoms with Crippen LogP contribution in [0.15, 0.2) is 194 Å². The van der Waals surface area contributed by atoms with Crippen molar-refractivity contribution in [2.24, 2.45) is 0 Å². The molecule has 0 saturated heterocycles. The molecule has 9 aromatic carbocycles. The average molecular weight is 1200 g/mol. The molecule has 0 bridgehead atoms. The van der Waals surface area contributed by atoms with Gasteiger partial charge in [0.05, 0.1) is 0 Å². The van der Waals surface area contributed by atoms with Crippen LogP contribution in [0.3, 0.4) is 0 Å². The van der Waals surface area contributed by atoms with Crippen LogP contribution >= 0.6 is 0 Å². The first-order chi connectivity index (χ1) is 42.2. The van der Waals surface area contributed by atoms with E-state index in [1.807, 2.05) is 94.1 Å². The van der Waals surface area contributed by atoms with E-state index in [1.54, 1.807) is 36.4 Å². The first kappa shape index (κ1) is 37.5. The quantitative estimate of drug-likeness (QED) is 0.118.